The minimum absolute atomic E-state index is 1.06. The van der Waals surface area contributed by atoms with Crippen LogP contribution in [0.15, 0.2) is 12.3 Å². The summed E-state index contributed by atoms with van der Waals surface area (Å²) in [5, 5.41) is 0. The Bertz CT molecular complexity index is 163. The average Bonchev–Trinajstić information content (AvgIpc) is 2.32. The summed E-state index contributed by atoms with van der Waals surface area (Å²) in [4.78, 5) is 0. The van der Waals surface area contributed by atoms with Gasteiger partial charge in [-0.1, -0.05) is 26.1 Å². The minimum atomic E-state index is -1.06. The highest BCUT2D eigenvalue weighted by atomic mass is 28.3. The molecule has 70 valence electrons. The van der Waals surface area contributed by atoms with Crippen LogP contribution in [0.2, 0.25) is 19.1 Å². The summed E-state index contributed by atoms with van der Waals surface area (Å²) >= 11 is 0. The summed E-state index contributed by atoms with van der Waals surface area (Å²) in [6.45, 7) is 8.54. The Kier molecular flexibility index (Phi) is 3.38. The van der Waals surface area contributed by atoms with Gasteiger partial charge in [-0.15, -0.1) is 0 Å². The van der Waals surface area contributed by atoms with Gasteiger partial charge >= 0.3 is 0 Å². The van der Waals surface area contributed by atoms with Crippen molar-refractivity contribution in [2.24, 2.45) is 0 Å². The van der Waals surface area contributed by atoms with Crippen molar-refractivity contribution in [2.75, 3.05) is 6.54 Å². The van der Waals surface area contributed by atoms with Crippen LogP contribution in [0, 0.1) is 0 Å². The van der Waals surface area contributed by atoms with Crippen molar-refractivity contribution in [3.8, 4) is 0 Å². The molecule has 1 nitrogen and oxygen atoms in total. The Hall–Kier alpha value is -0.243. The first-order chi connectivity index (χ1) is 5.67. The molecule has 0 N–H and O–H groups in total. The van der Waals surface area contributed by atoms with Gasteiger partial charge in [-0.3, -0.25) is 0 Å². The van der Waals surface area contributed by atoms with Crippen LogP contribution in [0.5, 0.6) is 0 Å². The first-order valence-electron chi connectivity index (χ1n) is 5.10. The lowest BCUT2D eigenvalue weighted by Crippen LogP contribution is -2.44. The SMILES string of the molecule is CC[Si](C)(C)N1C=CCCCC1. The molecule has 2 heteroatoms. The Labute approximate surface area is 77.5 Å². The molecule has 1 aliphatic rings. The summed E-state index contributed by atoms with van der Waals surface area (Å²) in [5.74, 6) is 0. The van der Waals surface area contributed by atoms with E-state index in [0.717, 1.165) is 0 Å². The maximum Gasteiger partial charge on any atom is 0.149 e. The van der Waals surface area contributed by atoms with Crippen LogP contribution in [0.25, 0.3) is 0 Å². The molecule has 0 spiro atoms. The van der Waals surface area contributed by atoms with Gasteiger partial charge in [0.15, 0.2) is 0 Å². The van der Waals surface area contributed by atoms with Gasteiger partial charge < -0.3 is 4.57 Å². The van der Waals surface area contributed by atoms with Crippen molar-refractivity contribution < 1.29 is 0 Å². The van der Waals surface area contributed by atoms with Crippen molar-refractivity contribution >= 4 is 8.24 Å². The Morgan fingerprint density at radius 1 is 1.33 bits per heavy atom. The molecule has 0 bridgehead atoms. The molecule has 1 rings (SSSR count). The largest absolute Gasteiger partial charge is 0.404 e. The number of nitrogens with zero attached hydrogens (tertiary/aromatic N) is 1. The lowest BCUT2D eigenvalue weighted by molar-refractivity contribution is 0.536. The first kappa shape index (κ1) is 9.84. The van der Waals surface area contributed by atoms with E-state index in [-0.39, 0.29) is 0 Å². The third-order valence-electron chi connectivity index (χ3n) is 2.95. The van der Waals surface area contributed by atoms with E-state index in [0.29, 0.717) is 0 Å². The molecule has 0 atom stereocenters. The van der Waals surface area contributed by atoms with E-state index >= 15 is 0 Å². The second-order valence-electron chi connectivity index (χ2n) is 4.24. The van der Waals surface area contributed by atoms with E-state index < -0.39 is 8.24 Å². The van der Waals surface area contributed by atoms with Gasteiger partial charge in [0.2, 0.25) is 0 Å². The van der Waals surface area contributed by atoms with Crippen LogP contribution in [0.3, 0.4) is 0 Å². The second-order valence-corrected chi connectivity index (χ2v) is 9.15. The molecular formula is C10H21NSi. The molecule has 0 aromatic carbocycles. The highest BCUT2D eigenvalue weighted by Crippen LogP contribution is 2.18. The maximum absolute atomic E-state index is 2.62. The molecule has 0 saturated carbocycles. The normalized spacial score (nSPS) is 19.4. The van der Waals surface area contributed by atoms with Gasteiger partial charge in [-0.2, -0.15) is 0 Å². The fraction of sp³-hybridized carbons (Fsp3) is 0.800. The topological polar surface area (TPSA) is 3.24 Å². The lowest BCUT2D eigenvalue weighted by atomic mass is 10.2. The highest BCUT2D eigenvalue weighted by molar-refractivity contribution is 6.74. The predicted molar refractivity (Wildman–Crippen MR) is 57.7 cm³/mol. The Morgan fingerprint density at radius 3 is 2.75 bits per heavy atom. The molecule has 1 heterocycles. The van der Waals surface area contributed by atoms with E-state index in [9.17, 15) is 0 Å². The molecule has 1 aliphatic heterocycles. The molecule has 0 amide bonds. The van der Waals surface area contributed by atoms with Crippen LogP contribution in [0.1, 0.15) is 26.2 Å². The second kappa shape index (κ2) is 4.12. The molecule has 0 aliphatic carbocycles. The summed E-state index contributed by atoms with van der Waals surface area (Å²) in [6.07, 6.45) is 8.73. The van der Waals surface area contributed by atoms with Crippen molar-refractivity contribution in [2.45, 2.75) is 45.3 Å². The van der Waals surface area contributed by atoms with Gasteiger partial charge in [0, 0.05) is 6.54 Å². The van der Waals surface area contributed by atoms with Crippen LogP contribution >= 0.6 is 0 Å². The summed E-state index contributed by atoms with van der Waals surface area (Å²) < 4.78 is 2.62. The smallest absolute Gasteiger partial charge is 0.149 e. The Balaban J connectivity index is 2.59. The Morgan fingerprint density at radius 2 is 2.08 bits per heavy atom. The highest BCUT2D eigenvalue weighted by Gasteiger charge is 2.24. The van der Waals surface area contributed by atoms with Gasteiger partial charge in [0.25, 0.3) is 0 Å². The van der Waals surface area contributed by atoms with Crippen molar-refractivity contribution in [3.05, 3.63) is 12.3 Å². The lowest BCUT2D eigenvalue weighted by Gasteiger charge is -2.34. The van der Waals surface area contributed by atoms with Crippen molar-refractivity contribution in [3.63, 3.8) is 0 Å². The zero-order valence-electron chi connectivity index (χ0n) is 8.64. The number of hydrogen-bond acceptors (Lipinski definition) is 1. The van der Waals surface area contributed by atoms with Gasteiger partial charge in [-0.05, 0) is 31.5 Å². The fourth-order valence-corrected chi connectivity index (χ4v) is 3.21. The molecule has 0 aromatic heterocycles. The van der Waals surface area contributed by atoms with Crippen molar-refractivity contribution in [1.29, 1.82) is 0 Å². The average molecular weight is 183 g/mol. The van der Waals surface area contributed by atoms with E-state index in [4.69, 9.17) is 0 Å². The third kappa shape index (κ3) is 2.37. The van der Waals surface area contributed by atoms with Gasteiger partial charge in [-0.25, -0.2) is 0 Å². The molecule has 0 fully saturated rings. The molecule has 0 saturated heterocycles. The van der Waals surface area contributed by atoms with Gasteiger partial charge in [0.05, 0.1) is 0 Å². The van der Waals surface area contributed by atoms with Crippen LogP contribution in [0.4, 0.5) is 0 Å². The monoisotopic (exact) mass is 183 g/mol. The minimum Gasteiger partial charge on any atom is -0.404 e. The molecule has 0 unspecified atom stereocenters. The predicted octanol–water partition coefficient (Wildman–Crippen LogP) is 3.21. The van der Waals surface area contributed by atoms with E-state index in [2.05, 4.69) is 36.9 Å². The zero-order valence-corrected chi connectivity index (χ0v) is 9.64. The van der Waals surface area contributed by atoms with Crippen molar-refractivity contribution in [1.82, 2.24) is 4.57 Å². The third-order valence-corrected chi connectivity index (χ3v) is 6.61. The standard InChI is InChI=1S/C10H21NSi/c1-4-12(2,3)11-9-7-5-6-8-10-11/h7,9H,4-6,8,10H2,1-3H3. The van der Waals surface area contributed by atoms with Gasteiger partial charge in [0.1, 0.15) is 8.24 Å². The summed E-state index contributed by atoms with van der Waals surface area (Å²) in [6, 6.07) is 1.36. The zero-order chi connectivity index (χ0) is 9.03. The van der Waals surface area contributed by atoms with E-state index in [1.54, 1.807) is 0 Å². The molecule has 0 aromatic rings. The maximum atomic E-state index is 2.62. The first-order valence-corrected chi connectivity index (χ1v) is 8.25. The van der Waals surface area contributed by atoms with Crippen LogP contribution in [-0.2, 0) is 0 Å². The molecule has 0 radical (unpaired) electrons. The number of hydrogen-bond donors (Lipinski definition) is 0. The van der Waals surface area contributed by atoms with Crippen LogP contribution < -0.4 is 0 Å². The number of rotatable bonds is 2. The quantitative estimate of drug-likeness (QED) is 0.594. The van der Waals surface area contributed by atoms with E-state index in [1.807, 2.05) is 0 Å². The number of allylic oxidation sites excluding steroid dienone is 1. The molecular weight excluding hydrogens is 162 g/mol. The van der Waals surface area contributed by atoms with E-state index in [1.165, 1.54) is 31.9 Å². The fourth-order valence-electron chi connectivity index (χ4n) is 1.53. The molecule has 12 heavy (non-hydrogen) atoms. The summed E-state index contributed by atoms with van der Waals surface area (Å²) in [5.41, 5.74) is 0. The van der Waals surface area contributed by atoms with Crippen LogP contribution in [-0.4, -0.2) is 19.3 Å². The summed E-state index contributed by atoms with van der Waals surface area (Å²) in [7, 11) is -1.06.